The molecule has 0 bridgehead atoms. The summed E-state index contributed by atoms with van der Waals surface area (Å²) in [4.78, 5) is 44.7. The van der Waals surface area contributed by atoms with Gasteiger partial charge in [-0.05, 0) is 31.0 Å². The van der Waals surface area contributed by atoms with Crippen LogP contribution in [0.3, 0.4) is 0 Å². The predicted octanol–water partition coefficient (Wildman–Crippen LogP) is 4.00. The van der Waals surface area contributed by atoms with Crippen LogP contribution in [0.15, 0.2) is 43.1 Å². The number of Topliss-reactive ketones (excluding diaryl/α,β-unsaturated/α-hetero) is 1. The van der Waals surface area contributed by atoms with Crippen LogP contribution in [-0.2, 0) is 4.74 Å². The molecule has 3 heterocycles. The number of hydrogen-bond acceptors (Lipinski definition) is 7. The van der Waals surface area contributed by atoms with Gasteiger partial charge in [-0.2, -0.15) is 0 Å². The molecule has 3 aromatic heterocycles. The topological polar surface area (TPSA) is 128 Å². The van der Waals surface area contributed by atoms with Crippen molar-refractivity contribution in [3.63, 3.8) is 0 Å². The maximum Gasteiger partial charge on any atom is 0.413 e. The summed E-state index contributed by atoms with van der Waals surface area (Å²) < 4.78 is 6.68. The molecule has 4 aromatic rings. The summed E-state index contributed by atoms with van der Waals surface area (Å²) in [6.45, 7) is 5.96. The van der Waals surface area contributed by atoms with Crippen LogP contribution in [0.4, 0.5) is 10.7 Å². The quantitative estimate of drug-likeness (QED) is 0.422. The van der Waals surface area contributed by atoms with Crippen LogP contribution in [0, 0.1) is 5.92 Å². The number of nitrogens with zero attached hydrogens (tertiary/aromatic N) is 5. The predicted molar refractivity (Wildman–Crippen MR) is 119 cm³/mol. The molecular formula is C22H23N7O3. The van der Waals surface area contributed by atoms with Crippen LogP contribution in [0.25, 0.3) is 28.1 Å². The highest BCUT2D eigenvalue weighted by Gasteiger charge is 2.17. The second-order valence-electron chi connectivity index (χ2n) is 7.58. The molecular weight excluding hydrogens is 410 g/mol. The van der Waals surface area contributed by atoms with Crippen molar-refractivity contribution in [1.82, 2.24) is 29.5 Å². The Balaban J connectivity index is 1.78. The van der Waals surface area contributed by atoms with E-state index in [1.165, 1.54) is 0 Å². The molecule has 0 spiro atoms. The summed E-state index contributed by atoms with van der Waals surface area (Å²) in [6, 6.07) is 5.43. The SMILES string of the molecule is CCOC(=O)Nc1nc2cc(-n3cnc(C(=O)CC(C)C)c3)cc(-c3ncccn3)c2[nH]1. The maximum absolute atomic E-state index is 12.4. The molecule has 0 saturated carbocycles. The Morgan fingerprint density at radius 1 is 1.19 bits per heavy atom. The largest absolute Gasteiger partial charge is 0.450 e. The molecule has 0 aliphatic rings. The summed E-state index contributed by atoms with van der Waals surface area (Å²) >= 11 is 0. The van der Waals surface area contributed by atoms with E-state index in [2.05, 4.69) is 30.2 Å². The smallest absolute Gasteiger partial charge is 0.413 e. The second kappa shape index (κ2) is 8.96. The molecule has 164 valence electrons. The minimum atomic E-state index is -0.604. The van der Waals surface area contributed by atoms with Gasteiger partial charge in [0.05, 0.1) is 17.6 Å². The van der Waals surface area contributed by atoms with Crippen molar-refractivity contribution in [2.45, 2.75) is 27.2 Å². The van der Waals surface area contributed by atoms with E-state index in [9.17, 15) is 9.59 Å². The van der Waals surface area contributed by atoms with Gasteiger partial charge in [0.2, 0.25) is 5.95 Å². The third-order valence-electron chi connectivity index (χ3n) is 4.64. The number of H-pyrrole nitrogens is 1. The number of aromatic nitrogens is 6. The van der Waals surface area contributed by atoms with E-state index in [1.807, 2.05) is 26.0 Å². The first-order chi connectivity index (χ1) is 15.4. The van der Waals surface area contributed by atoms with E-state index < -0.39 is 6.09 Å². The van der Waals surface area contributed by atoms with Crippen LogP contribution >= 0.6 is 0 Å². The maximum atomic E-state index is 12.4. The van der Waals surface area contributed by atoms with Gasteiger partial charge < -0.3 is 14.3 Å². The van der Waals surface area contributed by atoms with Gasteiger partial charge in [-0.1, -0.05) is 13.8 Å². The third-order valence-corrected chi connectivity index (χ3v) is 4.64. The lowest BCUT2D eigenvalue weighted by Gasteiger charge is -2.07. The summed E-state index contributed by atoms with van der Waals surface area (Å²) in [5, 5.41) is 2.57. The second-order valence-corrected chi connectivity index (χ2v) is 7.58. The highest BCUT2D eigenvalue weighted by atomic mass is 16.5. The first-order valence-corrected chi connectivity index (χ1v) is 10.3. The number of imidazole rings is 2. The van der Waals surface area contributed by atoms with Crippen molar-refractivity contribution in [3.05, 3.63) is 48.8 Å². The number of carbonyl (C=O) groups is 2. The molecule has 10 heteroatoms. The minimum Gasteiger partial charge on any atom is -0.450 e. The van der Waals surface area contributed by atoms with Crippen LogP contribution in [-0.4, -0.2) is 48.0 Å². The molecule has 10 nitrogen and oxygen atoms in total. The van der Waals surface area contributed by atoms with E-state index in [4.69, 9.17) is 4.74 Å². The van der Waals surface area contributed by atoms with Crippen molar-refractivity contribution in [1.29, 1.82) is 0 Å². The zero-order valence-corrected chi connectivity index (χ0v) is 18.0. The standard InChI is InChI=1S/C22H23N7O3/c1-4-32-22(31)28-21-26-16-10-14(29-11-17(25-12-29)18(30)8-13(2)3)9-15(19(16)27-21)20-23-6-5-7-24-20/h5-7,9-13H,4,8H2,1-3H3,(H2,26,27,28,31). The molecule has 0 fully saturated rings. The van der Waals surface area contributed by atoms with Gasteiger partial charge in [0, 0.05) is 36.3 Å². The lowest BCUT2D eigenvalue weighted by atomic mass is 10.1. The van der Waals surface area contributed by atoms with Gasteiger partial charge in [-0.25, -0.2) is 24.7 Å². The molecule has 2 N–H and O–H groups in total. The van der Waals surface area contributed by atoms with Crippen molar-refractivity contribution >= 4 is 28.9 Å². The van der Waals surface area contributed by atoms with Gasteiger partial charge in [-0.3, -0.25) is 10.1 Å². The number of ketones is 1. The van der Waals surface area contributed by atoms with Crippen molar-refractivity contribution in [2.75, 3.05) is 11.9 Å². The number of ether oxygens (including phenoxy) is 1. The van der Waals surface area contributed by atoms with Gasteiger partial charge in [0.1, 0.15) is 12.0 Å². The number of aromatic amines is 1. The van der Waals surface area contributed by atoms with Gasteiger partial charge in [-0.15, -0.1) is 0 Å². The van der Waals surface area contributed by atoms with E-state index >= 15 is 0 Å². The summed E-state index contributed by atoms with van der Waals surface area (Å²) in [7, 11) is 0. The Morgan fingerprint density at radius 3 is 2.69 bits per heavy atom. The number of hydrogen-bond donors (Lipinski definition) is 2. The molecule has 0 radical (unpaired) electrons. The fourth-order valence-electron chi connectivity index (χ4n) is 3.27. The zero-order chi connectivity index (χ0) is 22.7. The molecule has 1 aromatic carbocycles. The van der Waals surface area contributed by atoms with Gasteiger partial charge >= 0.3 is 6.09 Å². The highest BCUT2D eigenvalue weighted by molar-refractivity contribution is 5.96. The van der Waals surface area contributed by atoms with Crippen molar-refractivity contribution < 1.29 is 14.3 Å². The van der Waals surface area contributed by atoms with Crippen molar-refractivity contribution in [3.8, 4) is 17.1 Å². The lowest BCUT2D eigenvalue weighted by molar-refractivity contribution is 0.0963. The first-order valence-electron chi connectivity index (χ1n) is 10.3. The van der Waals surface area contributed by atoms with Crippen LogP contribution in [0.2, 0.25) is 0 Å². The van der Waals surface area contributed by atoms with Gasteiger partial charge in [0.15, 0.2) is 11.6 Å². The fourth-order valence-corrected chi connectivity index (χ4v) is 3.27. The van der Waals surface area contributed by atoms with Crippen LogP contribution < -0.4 is 5.32 Å². The first kappa shape index (κ1) is 21.2. The lowest BCUT2D eigenvalue weighted by Crippen LogP contribution is -2.14. The van der Waals surface area contributed by atoms with E-state index in [0.29, 0.717) is 34.5 Å². The minimum absolute atomic E-state index is 0.00728. The Bertz CT molecular complexity index is 1260. The van der Waals surface area contributed by atoms with E-state index in [-0.39, 0.29) is 24.3 Å². The molecule has 0 aliphatic carbocycles. The number of anilines is 1. The Kier molecular flexibility index (Phi) is 5.93. The third kappa shape index (κ3) is 4.48. The van der Waals surface area contributed by atoms with Crippen LogP contribution in [0.1, 0.15) is 37.7 Å². The van der Waals surface area contributed by atoms with E-state index in [0.717, 1.165) is 5.69 Å². The number of carbonyl (C=O) groups excluding carboxylic acids is 2. The molecule has 0 atom stereocenters. The Labute approximate surface area is 184 Å². The summed E-state index contributed by atoms with van der Waals surface area (Å²) in [5.41, 5.74) is 3.06. The normalized spacial score (nSPS) is 11.1. The number of rotatable bonds is 7. The molecule has 0 saturated heterocycles. The summed E-state index contributed by atoms with van der Waals surface area (Å²) in [6.07, 6.45) is 6.42. The number of nitrogens with one attached hydrogen (secondary N) is 2. The zero-order valence-electron chi connectivity index (χ0n) is 18.0. The molecule has 32 heavy (non-hydrogen) atoms. The highest BCUT2D eigenvalue weighted by Crippen LogP contribution is 2.29. The average Bonchev–Trinajstić information content (AvgIpc) is 3.40. The number of amides is 1. The fraction of sp³-hybridized carbons (Fsp3) is 0.273. The molecule has 0 aliphatic heterocycles. The average molecular weight is 433 g/mol. The number of benzene rings is 1. The molecule has 1 amide bonds. The van der Waals surface area contributed by atoms with Crippen LogP contribution in [0.5, 0.6) is 0 Å². The summed E-state index contributed by atoms with van der Waals surface area (Å²) in [5.74, 6) is 0.973. The molecule has 0 unspecified atom stereocenters. The Hall–Kier alpha value is -4.08. The molecule has 4 rings (SSSR count). The van der Waals surface area contributed by atoms with E-state index in [1.54, 1.807) is 42.5 Å². The monoisotopic (exact) mass is 433 g/mol. The number of fused-ring (bicyclic) bond motifs is 1. The van der Waals surface area contributed by atoms with Crippen molar-refractivity contribution in [2.24, 2.45) is 5.92 Å². The van der Waals surface area contributed by atoms with Gasteiger partial charge in [0.25, 0.3) is 0 Å². The Morgan fingerprint density at radius 2 is 1.97 bits per heavy atom.